The van der Waals surface area contributed by atoms with Gasteiger partial charge < -0.3 is 30.7 Å². The van der Waals surface area contributed by atoms with Gasteiger partial charge in [-0.25, -0.2) is 0 Å². The van der Waals surface area contributed by atoms with E-state index in [2.05, 4.69) is 10.6 Å². The molecule has 0 aliphatic heterocycles. The Morgan fingerprint density at radius 3 is 2.04 bits per heavy atom. The number of aromatic hydroxyl groups is 3. The first-order chi connectivity index (χ1) is 12.8. The summed E-state index contributed by atoms with van der Waals surface area (Å²) in [5, 5.41) is 33.5. The summed E-state index contributed by atoms with van der Waals surface area (Å²) < 4.78 is 5.10. The lowest BCUT2D eigenvalue weighted by Gasteiger charge is -2.13. The minimum absolute atomic E-state index is 0.0491. The number of carbonyl (C=O) groups is 2. The highest BCUT2D eigenvalue weighted by Crippen LogP contribution is 2.35. The van der Waals surface area contributed by atoms with E-state index in [0.717, 1.165) is 12.1 Å². The second-order valence-corrected chi connectivity index (χ2v) is 6.13. The van der Waals surface area contributed by atoms with E-state index in [1.807, 2.05) is 0 Å². The van der Waals surface area contributed by atoms with Gasteiger partial charge in [0, 0.05) is 18.7 Å². The molecule has 0 saturated heterocycles. The van der Waals surface area contributed by atoms with Crippen LogP contribution in [-0.4, -0.2) is 47.3 Å². The maximum atomic E-state index is 12.3. The Balaban J connectivity index is 1.95. The van der Waals surface area contributed by atoms with Crippen LogP contribution < -0.4 is 15.4 Å². The average molecular weight is 415 g/mol. The maximum absolute atomic E-state index is 12.3. The minimum atomic E-state index is -0.717. The number of phenolic OH excluding ortho intramolecular Hbond substituents is 3. The molecule has 0 saturated carbocycles. The number of benzene rings is 2. The van der Waals surface area contributed by atoms with Crippen LogP contribution in [0, 0.1) is 0 Å². The zero-order chi connectivity index (χ0) is 20.1. The molecule has 0 aromatic heterocycles. The molecule has 5 N–H and O–H groups in total. The van der Waals surface area contributed by atoms with Crippen molar-refractivity contribution < 1.29 is 29.6 Å². The van der Waals surface area contributed by atoms with Crippen molar-refractivity contribution in [1.29, 1.82) is 0 Å². The molecular weight excluding hydrogens is 399 g/mol. The van der Waals surface area contributed by atoms with Crippen molar-refractivity contribution in [2.24, 2.45) is 0 Å². The number of phenols is 3. The monoisotopic (exact) mass is 414 g/mol. The molecular formula is C17H16Cl2N2O6. The first-order valence-corrected chi connectivity index (χ1v) is 8.35. The van der Waals surface area contributed by atoms with Gasteiger partial charge in [-0.05, 0) is 24.3 Å². The highest BCUT2D eigenvalue weighted by molar-refractivity contribution is 6.37. The number of amides is 2. The van der Waals surface area contributed by atoms with Crippen molar-refractivity contribution in [3.63, 3.8) is 0 Å². The molecule has 0 heterocycles. The lowest BCUT2D eigenvalue weighted by atomic mass is 10.1. The van der Waals surface area contributed by atoms with E-state index < -0.39 is 29.1 Å². The zero-order valence-electron chi connectivity index (χ0n) is 14.0. The van der Waals surface area contributed by atoms with Gasteiger partial charge in [0.15, 0.2) is 23.0 Å². The second kappa shape index (κ2) is 8.70. The van der Waals surface area contributed by atoms with Gasteiger partial charge >= 0.3 is 0 Å². The maximum Gasteiger partial charge on any atom is 0.256 e. The Hall–Kier alpha value is -2.84. The molecule has 0 spiro atoms. The Labute approximate surface area is 164 Å². The number of methoxy groups -OCH3 is 1. The summed E-state index contributed by atoms with van der Waals surface area (Å²) in [5.41, 5.74) is 0.0139. The zero-order valence-corrected chi connectivity index (χ0v) is 15.6. The fraction of sp³-hybridized carbons (Fsp3) is 0.176. The molecule has 8 nitrogen and oxygen atoms in total. The van der Waals surface area contributed by atoms with Crippen molar-refractivity contribution in [1.82, 2.24) is 10.6 Å². The summed E-state index contributed by atoms with van der Waals surface area (Å²) in [5.74, 6) is -2.99. The van der Waals surface area contributed by atoms with Crippen LogP contribution >= 0.6 is 23.2 Å². The smallest absolute Gasteiger partial charge is 0.256 e. The Morgan fingerprint density at radius 1 is 0.963 bits per heavy atom. The van der Waals surface area contributed by atoms with Crippen LogP contribution in [-0.2, 0) is 0 Å². The first-order valence-electron chi connectivity index (χ1n) is 7.59. The van der Waals surface area contributed by atoms with E-state index >= 15 is 0 Å². The lowest BCUT2D eigenvalue weighted by Crippen LogP contribution is -2.35. The summed E-state index contributed by atoms with van der Waals surface area (Å²) in [6.07, 6.45) is 0. The van der Waals surface area contributed by atoms with Crippen LogP contribution in [0.4, 0.5) is 0 Å². The number of carbonyl (C=O) groups excluding carboxylic acids is 2. The van der Waals surface area contributed by atoms with Gasteiger partial charge in [-0.2, -0.15) is 0 Å². The van der Waals surface area contributed by atoms with Crippen molar-refractivity contribution in [3.05, 3.63) is 45.4 Å². The van der Waals surface area contributed by atoms with Crippen LogP contribution in [0.2, 0.25) is 10.0 Å². The quantitative estimate of drug-likeness (QED) is 0.364. The topological polar surface area (TPSA) is 128 Å². The second-order valence-electron chi connectivity index (χ2n) is 5.31. The molecule has 0 aliphatic rings. The van der Waals surface area contributed by atoms with Crippen molar-refractivity contribution >= 4 is 35.0 Å². The van der Waals surface area contributed by atoms with Gasteiger partial charge in [-0.3, -0.25) is 9.59 Å². The van der Waals surface area contributed by atoms with Gasteiger partial charge in [0.1, 0.15) is 5.56 Å². The normalized spacial score (nSPS) is 10.3. The van der Waals surface area contributed by atoms with Crippen LogP contribution in [0.5, 0.6) is 23.0 Å². The van der Waals surface area contributed by atoms with Crippen LogP contribution in [0.15, 0.2) is 24.3 Å². The molecule has 0 atom stereocenters. The molecule has 0 unspecified atom stereocenters. The molecule has 144 valence electrons. The highest BCUT2D eigenvalue weighted by Gasteiger charge is 2.19. The fourth-order valence-corrected chi connectivity index (χ4v) is 2.69. The molecule has 2 aromatic carbocycles. The minimum Gasteiger partial charge on any atom is -0.504 e. The van der Waals surface area contributed by atoms with E-state index in [9.17, 15) is 24.9 Å². The van der Waals surface area contributed by atoms with Gasteiger partial charge in [0.05, 0.1) is 17.2 Å². The molecule has 0 bridgehead atoms. The summed E-state index contributed by atoms with van der Waals surface area (Å²) in [7, 11) is 1.36. The predicted molar refractivity (Wildman–Crippen MR) is 99.1 cm³/mol. The third kappa shape index (κ3) is 4.66. The van der Waals surface area contributed by atoms with Crippen LogP contribution in [0.25, 0.3) is 0 Å². The van der Waals surface area contributed by atoms with E-state index in [0.29, 0.717) is 0 Å². The number of halogens is 2. The highest BCUT2D eigenvalue weighted by atomic mass is 35.5. The molecule has 0 fully saturated rings. The van der Waals surface area contributed by atoms with Crippen LogP contribution in [0.3, 0.4) is 0 Å². The molecule has 27 heavy (non-hydrogen) atoms. The SMILES string of the molecule is COc1c(Cl)ccc(Cl)c1C(=O)NCCNC(=O)c1cc(O)c(O)c(O)c1. The van der Waals surface area contributed by atoms with E-state index in [-0.39, 0.29) is 40.0 Å². The number of nitrogens with one attached hydrogen (secondary N) is 2. The third-order valence-corrected chi connectivity index (χ3v) is 4.13. The molecule has 2 amide bonds. The standard InChI is InChI=1S/C17H16Cl2N2O6/c1-27-15-10(19)3-2-9(18)13(15)17(26)21-5-4-20-16(25)8-6-11(22)14(24)12(23)7-8/h2-3,6-7,22-24H,4-5H2,1H3,(H,20,25)(H,21,26). The number of hydrogen-bond donors (Lipinski definition) is 5. The third-order valence-electron chi connectivity index (χ3n) is 3.52. The van der Waals surface area contributed by atoms with Gasteiger partial charge in [-0.1, -0.05) is 23.2 Å². The average Bonchev–Trinajstić information content (AvgIpc) is 2.63. The Bertz CT molecular complexity index is 865. The number of ether oxygens (including phenoxy) is 1. The lowest BCUT2D eigenvalue weighted by molar-refractivity contribution is 0.0925. The first kappa shape index (κ1) is 20.5. The summed E-state index contributed by atoms with van der Waals surface area (Å²) in [6, 6.07) is 4.97. The predicted octanol–water partition coefficient (Wildman–Crippen LogP) is 2.28. The molecule has 0 radical (unpaired) electrons. The van der Waals surface area contributed by atoms with Gasteiger partial charge in [-0.15, -0.1) is 0 Å². The molecule has 0 aliphatic carbocycles. The van der Waals surface area contributed by atoms with Crippen LogP contribution in [0.1, 0.15) is 20.7 Å². The fourth-order valence-electron chi connectivity index (χ4n) is 2.22. The number of hydrogen-bond acceptors (Lipinski definition) is 6. The summed E-state index contributed by atoms with van der Waals surface area (Å²) in [4.78, 5) is 24.3. The number of rotatable bonds is 6. The van der Waals surface area contributed by atoms with Crippen molar-refractivity contribution in [2.75, 3.05) is 20.2 Å². The molecule has 2 rings (SSSR count). The summed E-state index contributed by atoms with van der Waals surface area (Å²) >= 11 is 12.0. The molecule has 10 heteroatoms. The summed E-state index contributed by atoms with van der Waals surface area (Å²) in [6.45, 7) is 0.111. The van der Waals surface area contributed by atoms with Crippen molar-refractivity contribution in [2.45, 2.75) is 0 Å². The largest absolute Gasteiger partial charge is 0.504 e. The Kier molecular flexibility index (Phi) is 6.59. The van der Waals surface area contributed by atoms with E-state index in [1.165, 1.54) is 19.2 Å². The molecule has 2 aromatic rings. The van der Waals surface area contributed by atoms with E-state index in [1.54, 1.807) is 0 Å². The van der Waals surface area contributed by atoms with Gasteiger partial charge in [0.2, 0.25) is 0 Å². The van der Waals surface area contributed by atoms with Crippen molar-refractivity contribution in [3.8, 4) is 23.0 Å². The van der Waals surface area contributed by atoms with E-state index in [4.69, 9.17) is 27.9 Å². The van der Waals surface area contributed by atoms with Gasteiger partial charge in [0.25, 0.3) is 11.8 Å². The Morgan fingerprint density at radius 2 is 1.48 bits per heavy atom.